The van der Waals surface area contributed by atoms with E-state index in [9.17, 15) is 4.79 Å². The second kappa shape index (κ2) is 7.42. The average Bonchev–Trinajstić information content (AvgIpc) is 3.11. The third-order valence-electron chi connectivity index (χ3n) is 4.51. The Kier molecular flexibility index (Phi) is 5.08. The third kappa shape index (κ3) is 3.99. The molecule has 1 unspecified atom stereocenters. The van der Waals surface area contributed by atoms with E-state index in [0.29, 0.717) is 12.1 Å². The molecule has 0 saturated carbocycles. The van der Waals surface area contributed by atoms with Gasteiger partial charge in [-0.15, -0.1) is 0 Å². The van der Waals surface area contributed by atoms with Crippen LogP contribution < -0.4 is 5.32 Å². The third-order valence-corrected chi connectivity index (χ3v) is 4.51. The molecule has 1 N–H and O–H groups in total. The Morgan fingerprint density at radius 3 is 2.87 bits per heavy atom. The van der Waals surface area contributed by atoms with Crippen molar-refractivity contribution in [3.63, 3.8) is 0 Å². The lowest BCUT2D eigenvalue weighted by Gasteiger charge is -2.35. The number of furan rings is 1. The fourth-order valence-electron chi connectivity index (χ4n) is 3.02. The van der Waals surface area contributed by atoms with Gasteiger partial charge < -0.3 is 9.73 Å². The van der Waals surface area contributed by atoms with Crippen LogP contribution >= 0.6 is 0 Å². The molecular formula is C18H23N3O2. The molecule has 1 aliphatic rings. The van der Waals surface area contributed by atoms with Crippen molar-refractivity contribution in [3.05, 3.63) is 54.2 Å². The first kappa shape index (κ1) is 15.7. The zero-order chi connectivity index (χ0) is 16.1. The van der Waals surface area contributed by atoms with Gasteiger partial charge in [-0.25, -0.2) is 0 Å². The first-order chi connectivity index (χ1) is 11.2. The number of piperidine rings is 1. The summed E-state index contributed by atoms with van der Waals surface area (Å²) < 4.78 is 5.61. The van der Waals surface area contributed by atoms with E-state index >= 15 is 0 Å². The summed E-state index contributed by atoms with van der Waals surface area (Å²) >= 11 is 0. The molecule has 2 aromatic heterocycles. The van der Waals surface area contributed by atoms with Gasteiger partial charge in [-0.3, -0.25) is 14.7 Å². The summed E-state index contributed by atoms with van der Waals surface area (Å²) in [7, 11) is 0. The van der Waals surface area contributed by atoms with Crippen molar-refractivity contribution in [3.8, 4) is 0 Å². The van der Waals surface area contributed by atoms with Gasteiger partial charge in [0.15, 0.2) is 0 Å². The predicted octanol–water partition coefficient (Wildman–Crippen LogP) is 2.88. The van der Waals surface area contributed by atoms with Crippen LogP contribution in [-0.2, 0) is 0 Å². The van der Waals surface area contributed by atoms with Gasteiger partial charge in [0.05, 0.1) is 17.9 Å². The fraction of sp³-hybridized carbons (Fsp3) is 0.444. The Labute approximate surface area is 136 Å². The van der Waals surface area contributed by atoms with Crippen molar-refractivity contribution in [2.45, 2.75) is 25.8 Å². The number of amides is 1. The second-order valence-electron chi connectivity index (χ2n) is 6.20. The fourth-order valence-corrected chi connectivity index (χ4v) is 3.02. The highest BCUT2D eigenvalue weighted by atomic mass is 16.3. The first-order valence-corrected chi connectivity index (χ1v) is 8.19. The zero-order valence-electron chi connectivity index (χ0n) is 13.4. The number of likely N-dealkylation sites (tertiary alicyclic amines) is 1. The maximum atomic E-state index is 12.3. The molecule has 0 radical (unpaired) electrons. The van der Waals surface area contributed by atoms with Crippen molar-refractivity contribution in [1.82, 2.24) is 15.2 Å². The minimum atomic E-state index is -0.0972. The molecule has 0 spiro atoms. The monoisotopic (exact) mass is 313 g/mol. The van der Waals surface area contributed by atoms with E-state index in [-0.39, 0.29) is 11.9 Å². The number of aromatic nitrogens is 1. The molecule has 1 saturated heterocycles. The normalized spacial score (nSPS) is 17.8. The molecule has 122 valence electrons. The van der Waals surface area contributed by atoms with Gasteiger partial charge >= 0.3 is 0 Å². The van der Waals surface area contributed by atoms with Crippen LogP contribution in [-0.4, -0.2) is 35.4 Å². The van der Waals surface area contributed by atoms with E-state index < -0.39 is 0 Å². The Balaban J connectivity index is 1.66. The number of hydrogen-bond acceptors (Lipinski definition) is 4. The SMILES string of the molecule is CC1CCN(C(CNC(=O)c2cccnc2)c2ccco2)CC1. The lowest BCUT2D eigenvalue weighted by Crippen LogP contribution is -2.41. The van der Waals surface area contributed by atoms with E-state index in [1.807, 2.05) is 12.1 Å². The first-order valence-electron chi connectivity index (χ1n) is 8.19. The summed E-state index contributed by atoms with van der Waals surface area (Å²) in [4.78, 5) is 18.6. The molecular weight excluding hydrogens is 290 g/mol. The summed E-state index contributed by atoms with van der Waals surface area (Å²) in [6.45, 7) is 4.91. The Morgan fingerprint density at radius 2 is 2.22 bits per heavy atom. The molecule has 1 aliphatic heterocycles. The lowest BCUT2D eigenvalue weighted by atomic mass is 9.97. The summed E-state index contributed by atoms with van der Waals surface area (Å²) in [5.74, 6) is 1.58. The maximum absolute atomic E-state index is 12.3. The number of nitrogens with zero attached hydrogens (tertiary/aromatic N) is 2. The van der Waals surface area contributed by atoms with E-state index in [1.54, 1.807) is 30.8 Å². The average molecular weight is 313 g/mol. The van der Waals surface area contributed by atoms with Crippen molar-refractivity contribution < 1.29 is 9.21 Å². The Hall–Kier alpha value is -2.14. The largest absolute Gasteiger partial charge is 0.468 e. The highest BCUT2D eigenvalue weighted by Crippen LogP contribution is 2.26. The lowest BCUT2D eigenvalue weighted by molar-refractivity contribution is 0.0895. The summed E-state index contributed by atoms with van der Waals surface area (Å²) in [6, 6.07) is 7.51. The molecule has 0 aromatic carbocycles. The van der Waals surface area contributed by atoms with Crippen molar-refractivity contribution in [2.24, 2.45) is 5.92 Å². The van der Waals surface area contributed by atoms with E-state index in [1.165, 1.54) is 12.8 Å². The van der Waals surface area contributed by atoms with Crippen molar-refractivity contribution in [1.29, 1.82) is 0 Å². The topological polar surface area (TPSA) is 58.4 Å². The summed E-state index contributed by atoms with van der Waals surface area (Å²) in [5, 5.41) is 3.02. The van der Waals surface area contributed by atoms with Crippen LogP contribution in [0, 0.1) is 5.92 Å². The summed E-state index contributed by atoms with van der Waals surface area (Å²) in [6.07, 6.45) is 7.32. The van der Waals surface area contributed by atoms with E-state index in [4.69, 9.17) is 4.42 Å². The Morgan fingerprint density at radius 1 is 1.39 bits per heavy atom. The van der Waals surface area contributed by atoms with Gasteiger partial charge in [0.2, 0.25) is 0 Å². The smallest absolute Gasteiger partial charge is 0.252 e. The molecule has 2 aromatic rings. The molecule has 5 heteroatoms. The van der Waals surface area contributed by atoms with Gasteiger partial charge in [-0.1, -0.05) is 6.92 Å². The number of carbonyl (C=O) groups excluding carboxylic acids is 1. The molecule has 5 nitrogen and oxygen atoms in total. The highest BCUT2D eigenvalue weighted by Gasteiger charge is 2.26. The van der Waals surface area contributed by atoms with Gasteiger partial charge in [-0.05, 0) is 56.1 Å². The van der Waals surface area contributed by atoms with Gasteiger partial charge in [0.25, 0.3) is 5.91 Å². The van der Waals surface area contributed by atoms with Crippen LogP contribution in [0.3, 0.4) is 0 Å². The van der Waals surface area contributed by atoms with Crippen LogP contribution in [0.1, 0.15) is 41.9 Å². The van der Waals surface area contributed by atoms with Gasteiger partial charge in [0.1, 0.15) is 5.76 Å². The van der Waals surface area contributed by atoms with E-state index in [0.717, 1.165) is 24.8 Å². The van der Waals surface area contributed by atoms with Crippen LogP contribution in [0.4, 0.5) is 0 Å². The molecule has 3 heterocycles. The summed E-state index contributed by atoms with van der Waals surface area (Å²) in [5.41, 5.74) is 0.581. The molecule has 1 atom stereocenters. The van der Waals surface area contributed by atoms with Crippen LogP contribution in [0.15, 0.2) is 47.3 Å². The van der Waals surface area contributed by atoms with Crippen molar-refractivity contribution >= 4 is 5.91 Å². The zero-order valence-corrected chi connectivity index (χ0v) is 13.4. The number of pyridine rings is 1. The molecule has 23 heavy (non-hydrogen) atoms. The minimum absolute atomic E-state index is 0.0816. The van der Waals surface area contributed by atoms with E-state index in [2.05, 4.69) is 22.1 Å². The quantitative estimate of drug-likeness (QED) is 0.922. The minimum Gasteiger partial charge on any atom is -0.468 e. The molecule has 1 fully saturated rings. The standard InChI is InChI=1S/C18H23N3O2/c1-14-6-9-21(10-7-14)16(17-5-3-11-23-17)13-20-18(22)15-4-2-8-19-12-15/h2-5,8,11-12,14,16H,6-7,9-10,13H2,1H3,(H,20,22). The molecule has 0 bridgehead atoms. The highest BCUT2D eigenvalue weighted by molar-refractivity contribution is 5.93. The van der Waals surface area contributed by atoms with Crippen LogP contribution in [0.25, 0.3) is 0 Å². The molecule has 3 rings (SSSR count). The predicted molar refractivity (Wildman–Crippen MR) is 88.0 cm³/mol. The molecule has 0 aliphatic carbocycles. The number of nitrogens with one attached hydrogen (secondary N) is 1. The molecule has 1 amide bonds. The van der Waals surface area contributed by atoms with Crippen LogP contribution in [0.5, 0.6) is 0 Å². The maximum Gasteiger partial charge on any atom is 0.252 e. The number of rotatable bonds is 5. The van der Waals surface area contributed by atoms with Crippen LogP contribution in [0.2, 0.25) is 0 Å². The number of hydrogen-bond donors (Lipinski definition) is 1. The Bertz CT molecular complexity index is 604. The van der Waals surface area contributed by atoms with Crippen molar-refractivity contribution in [2.75, 3.05) is 19.6 Å². The number of carbonyl (C=O) groups is 1. The van der Waals surface area contributed by atoms with Gasteiger partial charge in [0, 0.05) is 18.9 Å². The second-order valence-corrected chi connectivity index (χ2v) is 6.20. The van der Waals surface area contributed by atoms with Gasteiger partial charge in [-0.2, -0.15) is 0 Å².